The van der Waals surface area contributed by atoms with E-state index in [2.05, 4.69) is 24.5 Å². The highest BCUT2D eigenvalue weighted by Crippen LogP contribution is 2.49. The van der Waals surface area contributed by atoms with Crippen LogP contribution in [0.1, 0.15) is 194 Å². The van der Waals surface area contributed by atoms with Crippen LogP contribution in [0.4, 0.5) is 0 Å². The van der Waals surface area contributed by atoms with Crippen LogP contribution in [-0.4, -0.2) is 19.3 Å². The SMILES string of the molecule is CCCCCCCCCCCCCC1CC2CCC(C3NCC(CCCCCCCCCCCC)CN3)CC2C1. The van der Waals surface area contributed by atoms with Crippen LogP contribution in [0.5, 0.6) is 0 Å². The molecule has 40 heavy (non-hydrogen) atoms. The van der Waals surface area contributed by atoms with Crippen LogP contribution in [-0.2, 0) is 0 Å². The first kappa shape index (κ1) is 34.4. The third-order valence-electron chi connectivity index (χ3n) is 11.4. The van der Waals surface area contributed by atoms with Gasteiger partial charge in [0, 0.05) is 13.1 Å². The van der Waals surface area contributed by atoms with Gasteiger partial charge in [-0.05, 0) is 68.1 Å². The van der Waals surface area contributed by atoms with Gasteiger partial charge in [-0.3, -0.25) is 0 Å². The highest BCUT2D eigenvalue weighted by Gasteiger charge is 2.40. The third kappa shape index (κ3) is 14.4. The summed E-state index contributed by atoms with van der Waals surface area (Å²) in [5, 5.41) is 7.96. The lowest BCUT2D eigenvalue weighted by atomic mass is 9.74. The quantitative estimate of drug-likeness (QED) is 0.115. The van der Waals surface area contributed by atoms with Gasteiger partial charge in [-0.15, -0.1) is 0 Å². The summed E-state index contributed by atoms with van der Waals surface area (Å²) in [6.45, 7) is 7.16. The van der Waals surface area contributed by atoms with Gasteiger partial charge in [-0.1, -0.05) is 155 Å². The van der Waals surface area contributed by atoms with Gasteiger partial charge < -0.3 is 10.6 Å². The van der Waals surface area contributed by atoms with E-state index in [1.54, 1.807) is 12.8 Å². The fraction of sp³-hybridized carbons (Fsp3) is 1.00. The number of rotatable bonds is 24. The number of nitrogens with one attached hydrogen (secondary N) is 2. The molecule has 0 amide bonds. The van der Waals surface area contributed by atoms with Crippen molar-refractivity contribution in [2.45, 2.75) is 200 Å². The third-order valence-corrected chi connectivity index (χ3v) is 11.4. The second-order valence-electron chi connectivity index (χ2n) is 14.9. The van der Waals surface area contributed by atoms with E-state index >= 15 is 0 Å². The highest BCUT2D eigenvalue weighted by atomic mass is 15.2. The average molecular weight is 559 g/mol. The Morgan fingerprint density at radius 2 is 0.800 bits per heavy atom. The first-order valence-corrected chi connectivity index (χ1v) is 19.3. The Kier molecular flexibility index (Phi) is 19.3. The van der Waals surface area contributed by atoms with Crippen molar-refractivity contribution < 1.29 is 0 Å². The zero-order valence-electron chi connectivity index (χ0n) is 27.7. The minimum absolute atomic E-state index is 0.607. The van der Waals surface area contributed by atoms with Crippen molar-refractivity contribution in [1.29, 1.82) is 0 Å². The molecule has 1 heterocycles. The summed E-state index contributed by atoms with van der Waals surface area (Å²) in [6, 6.07) is 0. The van der Waals surface area contributed by atoms with Crippen molar-refractivity contribution >= 4 is 0 Å². The number of unbranched alkanes of at least 4 members (excludes halogenated alkanes) is 19. The summed E-state index contributed by atoms with van der Waals surface area (Å²) in [7, 11) is 0. The average Bonchev–Trinajstić information content (AvgIpc) is 3.39. The van der Waals surface area contributed by atoms with Gasteiger partial charge in [0.1, 0.15) is 0 Å². The Morgan fingerprint density at radius 3 is 1.30 bits per heavy atom. The van der Waals surface area contributed by atoms with Crippen molar-refractivity contribution in [3.63, 3.8) is 0 Å². The maximum absolute atomic E-state index is 3.98. The molecule has 2 aliphatic carbocycles. The highest BCUT2D eigenvalue weighted by molar-refractivity contribution is 4.93. The zero-order chi connectivity index (χ0) is 28.1. The van der Waals surface area contributed by atoms with E-state index in [9.17, 15) is 0 Å². The Hall–Kier alpha value is -0.0800. The molecule has 0 radical (unpaired) electrons. The lowest BCUT2D eigenvalue weighted by Gasteiger charge is -2.41. The second kappa shape index (κ2) is 22.5. The topological polar surface area (TPSA) is 24.1 Å². The van der Waals surface area contributed by atoms with Gasteiger partial charge in [0.2, 0.25) is 0 Å². The van der Waals surface area contributed by atoms with Gasteiger partial charge >= 0.3 is 0 Å². The summed E-state index contributed by atoms with van der Waals surface area (Å²) in [6.07, 6.45) is 42.0. The molecule has 2 nitrogen and oxygen atoms in total. The lowest BCUT2D eigenvalue weighted by molar-refractivity contribution is 0.131. The fourth-order valence-electron chi connectivity index (χ4n) is 8.74. The molecule has 0 aromatic heterocycles. The Labute approximate surface area is 252 Å². The zero-order valence-corrected chi connectivity index (χ0v) is 27.7. The molecule has 4 unspecified atom stereocenters. The summed E-state index contributed by atoms with van der Waals surface area (Å²) in [4.78, 5) is 0. The molecule has 0 bridgehead atoms. The molecule has 1 saturated heterocycles. The molecule has 3 rings (SSSR count). The van der Waals surface area contributed by atoms with Crippen LogP contribution < -0.4 is 10.6 Å². The molecular formula is C38H74N2. The van der Waals surface area contributed by atoms with Gasteiger partial charge in [-0.2, -0.15) is 0 Å². The molecule has 3 aliphatic rings. The molecule has 2 saturated carbocycles. The summed E-state index contributed by atoms with van der Waals surface area (Å²) < 4.78 is 0. The van der Waals surface area contributed by atoms with Crippen LogP contribution in [0.3, 0.4) is 0 Å². The first-order chi connectivity index (χ1) is 19.8. The van der Waals surface area contributed by atoms with Crippen LogP contribution in [0, 0.1) is 29.6 Å². The van der Waals surface area contributed by atoms with Gasteiger partial charge in [0.05, 0.1) is 6.17 Å². The van der Waals surface area contributed by atoms with Gasteiger partial charge in [-0.25, -0.2) is 0 Å². The standard InChI is InChI=1S/C38H74N2/c1-3-5-7-9-11-13-15-17-18-20-22-24-33-28-35-26-27-36(30-37(35)29-33)38-39-31-34(32-40-38)25-23-21-19-16-14-12-10-8-6-4-2/h33-40H,3-32H2,1-2H3. The van der Waals surface area contributed by atoms with E-state index in [0.717, 1.165) is 29.6 Å². The molecule has 0 aromatic carbocycles. The van der Waals surface area contributed by atoms with E-state index in [1.165, 1.54) is 180 Å². The maximum Gasteiger partial charge on any atom is 0.0601 e. The monoisotopic (exact) mass is 559 g/mol. The predicted octanol–water partition coefficient (Wildman–Crippen LogP) is 11.6. The molecule has 0 aromatic rings. The molecule has 236 valence electrons. The van der Waals surface area contributed by atoms with Crippen LogP contribution in [0.2, 0.25) is 0 Å². The van der Waals surface area contributed by atoms with Crippen LogP contribution >= 0.6 is 0 Å². The van der Waals surface area contributed by atoms with Crippen molar-refractivity contribution in [3.8, 4) is 0 Å². The smallest absolute Gasteiger partial charge is 0.0601 e. The lowest BCUT2D eigenvalue weighted by Crippen LogP contribution is -2.57. The predicted molar refractivity (Wildman–Crippen MR) is 178 cm³/mol. The minimum Gasteiger partial charge on any atom is -0.301 e. The second-order valence-corrected chi connectivity index (χ2v) is 14.9. The molecule has 0 spiro atoms. The molecule has 4 atom stereocenters. The van der Waals surface area contributed by atoms with E-state index in [1.807, 2.05) is 0 Å². The Bertz CT molecular complexity index is 568. The molecule has 3 fully saturated rings. The molecule has 2 heteroatoms. The Morgan fingerprint density at radius 1 is 0.400 bits per heavy atom. The summed E-state index contributed by atoms with van der Waals surface area (Å²) in [5.74, 6) is 4.93. The number of hydrogen-bond donors (Lipinski definition) is 2. The maximum atomic E-state index is 3.98. The molecule has 1 aliphatic heterocycles. The van der Waals surface area contributed by atoms with Crippen LogP contribution in [0.15, 0.2) is 0 Å². The summed E-state index contributed by atoms with van der Waals surface area (Å²) >= 11 is 0. The number of hydrogen-bond acceptors (Lipinski definition) is 2. The first-order valence-electron chi connectivity index (χ1n) is 19.3. The Balaban J connectivity index is 1.14. The van der Waals surface area contributed by atoms with Crippen molar-refractivity contribution in [3.05, 3.63) is 0 Å². The van der Waals surface area contributed by atoms with Gasteiger partial charge in [0.25, 0.3) is 0 Å². The van der Waals surface area contributed by atoms with Crippen LogP contribution in [0.25, 0.3) is 0 Å². The van der Waals surface area contributed by atoms with Crippen molar-refractivity contribution in [2.75, 3.05) is 13.1 Å². The normalized spacial score (nSPS) is 28.6. The fourth-order valence-corrected chi connectivity index (χ4v) is 8.74. The van der Waals surface area contributed by atoms with Crippen molar-refractivity contribution in [1.82, 2.24) is 10.6 Å². The largest absolute Gasteiger partial charge is 0.301 e. The minimum atomic E-state index is 0.607. The molecule has 2 N–H and O–H groups in total. The van der Waals surface area contributed by atoms with Crippen molar-refractivity contribution in [2.24, 2.45) is 29.6 Å². The summed E-state index contributed by atoms with van der Waals surface area (Å²) in [5.41, 5.74) is 0. The van der Waals surface area contributed by atoms with E-state index in [4.69, 9.17) is 0 Å². The van der Waals surface area contributed by atoms with Gasteiger partial charge in [0.15, 0.2) is 0 Å². The van der Waals surface area contributed by atoms with E-state index < -0.39 is 0 Å². The number of fused-ring (bicyclic) bond motifs is 1. The van der Waals surface area contributed by atoms with E-state index in [-0.39, 0.29) is 0 Å². The van der Waals surface area contributed by atoms with E-state index in [0.29, 0.717) is 6.17 Å². The molecular weight excluding hydrogens is 484 g/mol.